The minimum absolute atomic E-state index is 0.0661. The van der Waals surface area contributed by atoms with E-state index < -0.39 is 0 Å². The van der Waals surface area contributed by atoms with Crippen molar-refractivity contribution in [3.63, 3.8) is 0 Å². The van der Waals surface area contributed by atoms with E-state index in [0.29, 0.717) is 0 Å². The first-order valence-electron chi connectivity index (χ1n) is 6.15. The van der Waals surface area contributed by atoms with E-state index in [0.717, 1.165) is 24.3 Å². The van der Waals surface area contributed by atoms with Gasteiger partial charge in [0.1, 0.15) is 0 Å². The summed E-state index contributed by atoms with van der Waals surface area (Å²) in [6.07, 6.45) is 5.59. The third-order valence-corrected chi connectivity index (χ3v) is 4.25. The third-order valence-electron chi connectivity index (χ3n) is 4.25. The maximum absolute atomic E-state index is 11.6. The molecule has 2 fully saturated rings. The van der Waals surface area contributed by atoms with Crippen LogP contribution in [0.4, 0.5) is 0 Å². The lowest BCUT2D eigenvalue weighted by Crippen LogP contribution is -2.42. The van der Waals surface area contributed by atoms with Gasteiger partial charge in [0, 0.05) is 6.54 Å². The highest BCUT2D eigenvalue weighted by molar-refractivity contribution is 5.81. The smallest absolute Gasteiger partial charge is 0.236 e. The summed E-state index contributed by atoms with van der Waals surface area (Å²) in [6, 6.07) is -0.0661. The Bertz CT molecular complexity index is 242. The normalized spacial score (nSPS) is 35.5. The van der Waals surface area contributed by atoms with Crippen molar-refractivity contribution in [2.75, 3.05) is 13.6 Å². The number of likely N-dealkylation sites (N-methyl/N-ethyl adjacent to an activating group) is 1. The molecule has 0 spiro atoms. The fourth-order valence-electron chi connectivity index (χ4n) is 3.14. The Morgan fingerprint density at radius 2 is 2.20 bits per heavy atom. The average Bonchev–Trinajstić information content (AvgIpc) is 2.86. The molecule has 0 saturated heterocycles. The van der Waals surface area contributed by atoms with E-state index in [-0.39, 0.29) is 11.9 Å². The van der Waals surface area contributed by atoms with E-state index in [4.69, 9.17) is 0 Å². The molecule has 15 heavy (non-hydrogen) atoms. The summed E-state index contributed by atoms with van der Waals surface area (Å²) in [4.78, 5) is 11.6. The van der Waals surface area contributed by atoms with E-state index in [1.165, 1.54) is 25.7 Å². The zero-order valence-corrected chi connectivity index (χ0v) is 9.75. The maximum atomic E-state index is 11.6. The van der Waals surface area contributed by atoms with Gasteiger partial charge in [0.2, 0.25) is 5.91 Å². The molecule has 0 aromatic carbocycles. The molecule has 2 bridgehead atoms. The van der Waals surface area contributed by atoms with E-state index >= 15 is 0 Å². The minimum atomic E-state index is -0.0661. The highest BCUT2D eigenvalue weighted by atomic mass is 16.2. The van der Waals surface area contributed by atoms with Crippen molar-refractivity contribution < 1.29 is 4.79 Å². The highest BCUT2D eigenvalue weighted by Gasteiger charge is 2.39. The third kappa shape index (κ3) is 2.33. The lowest BCUT2D eigenvalue weighted by atomic mass is 9.89. The molecule has 4 unspecified atom stereocenters. The van der Waals surface area contributed by atoms with E-state index in [1.54, 1.807) is 0 Å². The maximum Gasteiger partial charge on any atom is 0.236 e. The van der Waals surface area contributed by atoms with Crippen molar-refractivity contribution in [1.29, 1.82) is 0 Å². The summed E-state index contributed by atoms with van der Waals surface area (Å²) in [5.41, 5.74) is 0. The van der Waals surface area contributed by atoms with Crippen molar-refractivity contribution in [3.05, 3.63) is 0 Å². The van der Waals surface area contributed by atoms with Crippen LogP contribution in [0.3, 0.4) is 0 Å². The van der Waals surface area contributed by atoms with Crippen LogP contribution < -0.4 is 10.6 Å². The van der Waals surface area contributed by atoms with Crippen molar-refractivity contribution in [1.82, 2.24) is 10.6 Å². The summed E-state index contributed by atoms with van der Waals surface area (Å²) in [5.74, 6) is 2.77. The van der Waals surface area contributed by atoms with E-state index in [9.17, 15) is 4.79 Å². The molecule has 2 aliphatic carbocycles. The predicted molar refractivity (Wildman–Crippen MR) is 60.5 cm³/mol. The van der Waals surface area contributed by atoms with Gasteiger partial charge in [-0.1, -0.05) is 6.42 Å². The van der Waals surface area contributed by atoms with E-state index in [2.05, 4.69) is 10.6 Å². The molecule has 4 atom stereocenters. The summed E-state index contributed by atoms with van der Waals surface area (Å²) in [5, 5.41) is 6.02. The molecule has 3 nitrogen and oxygen atoms in total. The molecule has 0 aliphatic heterocycles. The van der Waals surface area contributed by atoms with Crippen LogP contribution in [0, 0.1) is 17.8 Å². The Balaban J connectivity index is 1.72. The standard InChI is InChI=1S/C12H22N2O/c1-8(13-2)12(15)14-7-11-6-9-3-4-10(11)5-9/h8-11,13H,3-7H2,1-2H3,(H,14,15). The van der Waals surface area contributed by atoms with Crippen LogP contribution in [0.15, 0.2) is 0 Å². The molecule has 2 saturated carbocycles. The molecule has 3 heteroatoms. The van der Waals surface area contributed by atoms with Crippen molar-refractivity contribution in [2.45, 2.75) is 38.6 Å². The average molecular weight is 210 g/mol. The van der Waals surface area contributed by atoms with Gasteiger partial charge in [-0.15, -0.1) is 0 Å². The van der Waals surface area contributed by atoms with Gasteiger partial charge in [0.15, 0.2) is 0 Å². The summed E-state index contributed by atoms with van der Waals surface area (Å²) >= 11 is 0. The predicted octanol–water partition coefficient (Wildman–Crippen LogP) is 1.15. The zero-order chi connectivity index (χ0) is 10.8. The molecule has 2 rings (SSSR count). The van der Waals surface area contributed by atoms with Crippen LogP contribution in [0.5, 0.6) is 0 Å². The van der Waals surface area contributed by atoms with Crippen LogP contribution >= 0.6 is 0 Å². The zero-order valence-electron chi connectivity index (χ0n) is 9.75. The van der Waals surface area contributed by atoms with Crippen LogP contribution in [0.25, 0.3) is 0 Å². The van der Waals surface area contributed by atoms with Crippen molar-refractivity contribution in [3.8, 4) is 0 Å². The Morgan fingerprint density at radius 1 is 1.40 bits per heavy atom. The van der Waals surface area contributed by atoms with Gasteiger partial charge in [-0.25, -0.2) is 0 Å². The number of carbonyl (C=O) groups excluding carboxylic acids is 1. The molecular weight excluding hydrogens is 188 g/mol. The quantitative estimate of drug-likeness (QED) is 0.731. The Kier molecular flexibility index (Phi) is 3.29. The summed E-state index contributed by atoms with van der Waals surface area (Å²) < 4.78 is 0. The SMILES string of the molecule is CNC(C)C(=O)NCC1CC2CCC1C2. The largest absolute Gasteiger partial charge is 0.354 e. The minimum Gasteiger partial charge on any atom is -0.354 e. The molecule has 0 heterocycles. The van der Waals surface area contributed by atoms with Crippen LogP contribution in [-0.2, 0) is 4.79 Å². The lowest BCUT2D eigenvalue weighted by molar-refractivity contribution is -0.122. The highest BCUT2D eigenvalue weighted by Crippen LogP contribution is 2.47. The van der Waals surface area contributed by atoms with Gasteiger partial charge in [-0.3, -0.25) is 4.79 Å². The van der Waals surface area contributed by atoms with Crippen molar-refractivity contribution in [2.24, 2.45) is 17.8 Å². The molecule has 0 aromatic heterocycles. The lowest BCUT2D eigenvalue weighted by Gasteiger charge is -2.22. The van der Waals surface area contributed by atoms with Gasteiger partial charge in [-0.2, -0.15) is 0 Å². The fraction of sp³-hybridized carbons (Fsp3) is 0.917. The first-order valence-corrected chi connectivity index (χ1v) is 6.15. The van der Waals surface area contributed by atoms with Gasteiger partial charge in [-0.05, 0) is 51.0 Å². The van der Waals surface area contributed by atoms with Gasteiger partial charge >= 0.3 is 0 Å². The number of rotatable bonds is 4. The molecule has 2 aliphatic rings. The Morgan fingerprint density at radius 3 is 2.73 bits per heavy atom. The molecular formula is C12H22N2O. The molecule has 2 N–H and O–H groups in total. The monoisotopic (exact) mass is 210 g/mol. The molecule has 0 aromatic rings. The first-order chi connectivity index (χ1) is 7.20. The molecule has 0 radical (unpaired) electrons. The van der Waals surface area contributed by atoms with Crippen LogP contribution in [-0.4, -0.2) is 25.5 Å². The number of carbonyl (C=O) groups is 1. The topological polar surface area (TPSA) is 41.1 Å². The Hall–Kier alpha value is -0.570. The van der Waals surface area contributed by atoms with E-state index in [1.807, 2.05) is 14.0 Å². The van der Waals surface area contributed by atoms with Gasteiger partial charge in [0.05, 0.1) is 6.04 Å². The number of hydrogen-bond donors (Lipinski definition) is 2. The second-order valence-corrected chi connectivity index (χ2v) is 5.19. The summed E-state index contributed by atoms with van der Waals surface area (Å²) in [7, 11) is 1.82. The summed E-state index contributed by atoms with van der Waals surface area (Å²) in [6.45, 7) is 2.79. The fourth-order valence-corrected chi connectivity index (χ4v) is 3.14. The van der Waals surface area contributed by atoms with Crippen LogP contribution in [0.2, 0.25) is 0 Å². The van der Waals surface area contributed by atoms with Crippen LogP contribution in [0.1, 0.15) is 32.6 Å². The van der Waals surface area contributed by atoms with Crippen molar-refractivity contribution >= 4 is 5.91 Å². The van der Waals surface area contributed by atoms with Gasteiger partial charge < -0.3 is 10.6 Å². The van der Waals surface area contributed by atoms with Gasteiger partial charge in [0.25, 0.3) is 0 Å². The second-order valence-electron chi connectivity index (χ2n) is 5.19. The number of hydrogen-bond acceptors (Lipinski definition) is 2. The second kappa shape index (κ2) is 4.52. The number of fused-ring (bicyclic) bond motifs is 2. The Labute approximate surface area is 92.0 Å². The molecule has 86 valence electrons. The molecule has 1 amide bonds. The first kappa shape index (κ1) is 10.9. The number of amides is 1. The number of nitrogens with one attached hydrogen (secondary N) is 2.